The zero-order valence-electron chi connectivity index (χ0n) is 28.0. The van der Waals surface area contributed by atoms with Crippen LogP contribution in [0.25, 0.3) is 0 Å². The Labute approximate surface area is 317 Å². The van der Waals surface area contributed by atoms with Gasteiger partial charge < -0.3 is 5.73 Å². The molecule has 0 rings (SSSR count). The van der Waals surface area contributed by atoms with Gasteiger partial charge in [-0.25, -0.2) is 0 Å². The molecule has 0 aromatic carbocycles. The molecule has 0 aliphatic heterocycles. The van der Waals surface area contributed by atoms with Crippen molar-refractivity contribution in [3.05, 3.63) is 0 Å². The smallest absolute Gasteiger partial charge is 0.0618 e. The van der Waals surface area contributed by atoms with E-state index in [9.17, 15) is 0 Å². The average molecular weight is 732 g/mol. The maximum atomic E-state index is 7.62. The lowest BCUT2D eigenvalue weighted by atomic mass is 10.5. The summed E-state index contributed by atoms with van der Waals surface area (Å²) in [6, 6.07) is 3.86. The van der Waals surface area contributed by atoms with Gasteiger partial charge in [0.15, 0.2) is 0 Å². The van der Waals surface area contributed by atoms with Crippen molar-refractivity contribution >= 4 is 34.8 Å². The number of hydrogen-bond donors (Lipinski definition) is 1. The van der Waals surface area contributed by atoms with Crippen LogP contribution in [0.4, 0.5) is 0 Å². The summed E-state index contributed by atoms with van der Waals surface area (Å²) < 4.78 is 0. The number of nitriles is 2. The molecule has 0 fully saturated rings. The molecule has 0 aromatic heterocycles. The highest BCUT2D eigenvalue weighted by atomic mass is 35.5. The van der Waals surface area contributed by atoms with E-state index in [1.807, 2.05) is 102 Å². The number of rotatable bonds is 1. The molecular formula is C39H114Cl3N3. The number of nitrogens with zero attached hydrogens (tertiary/aromatic N) is 2. The lowest BCUT2D eigenvalue weighted by molar-refractivity contribution is 0.932. The van der Waals surface area contributed by atoms with Crippen molar-refractivity contribution in [3.63, 3.8) is 0 Å². The zero-order valence-corrected chi connectivity index (χ0v) is 30.2. The van der Waals surface area contributed by atoms with Crippen molar-refractivity contribution in [3.8, 4) is 12.1 Å². The molecule has 0 aromatic rings. The molecule has 0 saturated heterocycles. The molecule has 6 heteroatoms. The summed E-state index contributed by atoms with van der Waals surface area (Å²) in [6.07, 6.45) is 4.85. The molecule has 0 amide bonds. The van der Waals surface area contributed by atoms with E-state index in [0.29, 0.717) is 12.8 Å². The number of hydrogen-bond acceptors (Lipinski definition) is 3. The van der Waals surface area contributed by atoms with Crippen molar-refractivity contribution in [2.75, 3.05) is 24.2 Å². The van der Waals surface area contributed by atoms with Gasteiger partial charge in [-0.05, 0) is 13.0 Å². The van der Waals surface area contributed by atoms with Crippen LogP contribution in [0.15, 0.2) is 0 Å². The average Bonchev–Trinajstić information content (AvgIpc) is 2.91. The van der Waals surface area contributed by atoms with Crippen molar-refractivity contribution in [1.29, 1.82) is 10.5 Å². The standard InChI is InChI=1S/C3H9N.2C3H5N.2C3H8.3C2H5Cl.4C2H6.10CH4/c3*1-2-3-4;2*1-3-2;3*1-2-3;4*1-2;;;;;;;;;;/h2-4H2,1H3;2*2H2,1H3;2*3H2,1-2H3;3*2H2,1H3;4*1-2H3;10*1H4. The topological polar surface area (TPSA) is 73.6 Å². The molecule has 0 atom stereocenters. The second kappa shape index (κ2) is 687. The predicted molar refractivity (Wildman–Crippen MR) is 245 cm³/mol. The van der Waals surface area contributed by atoms with Crippen LogP contribution >= 0.6 is 34.8 Å². The first-order valence-corrected chi connectivity index (χ1v) is 15.5. The second-order valence-corrected chi connectivity index (χ2v) is 5.63. The highest BCUT2D eigenvalue weighted by Gasteiger charge is 1.55. The van der Waals surface area contributed by atoms with Crippen LogP contribution < -0.4 is 5.73 Å². The van der Waals surface area contributed by atoms with Gasteiger partial charge in [0.05, 0.1) is 12.1 Å². The number of alkyl halides is 3. The molecule has 306 valence electrons. The fraction of sp³-hybridized carbons (Fsp3) is 0.949. The first-order chi connectivity index (χ1) is 16.8. The molecule has 0 saturated carbocycles. The van der Waals surface area contributed by atoms with Crippen molar-refractivity contribution in [2.24, 2.45) is 5.73 Å². The number of nitrogens with two attached hydrogens (primary N) is 1. The van der Waals surface area contributed by atoms with Crippen molar-refractivity contribution in [1.82, 2.24) is 0 Å². The molecule has 0 unspecified atom stereocenters. The summed E-state index contributed by atoms with van der Waals surface area (Å²) in [5.74, 6) is 2.17. The quantitative estimate of drug-likeness (QED) is 0.273. The summed E-state index contributed by atoms with van der Waals surface area (Å²) >= 11 is 15.0. The lowest BCUT2D eigenvalue weighted by Gasteiger charge is -1.70. The SMILES string of the molecule is C.C.C.C.C.C.C.C.C.C.CC.CC.CC.CC.CCC.CCC.CCC#N.CCC#N.CCCN.CCCl.CCCl.CCCl. The minimum absolute atomic E-state index is 0. The van der Waals surface area contributed by atoms with E-state index in [1.165, 1.54) is 12.8 Å². The third-order valence-electron chi connectivity index (χ3n) is 0.605. The van der Waals surface area contributed by atoms with Crippen LogP contribution in [-0.4, -0.2) is 24.2 Å². The summed E-state index contributed by atoms with van der Waals surface area (Å²) in [5, 5.41) is 15.2. The normalized spacial score (nSPS) is 4.09. The molecule has 0 bridgehead atoms. The van der Waals surface area contributed by atoms with Gasteiger partial charge in [-0.15, -0.1) is 34.8 Å². The maximum absolute atomic E-state index is 7.62. The van der Waals surface area contributed by atoms with Gasteiger partial charge >= 0.3 is 0 Å². The first kappa shape index (κ1) is 165. The van der Waals surface area contributed by atoms with E-state index in [-0.39, 0.29) is 74.3 Å². The molecule has 3 nitrogen and oxygen atoms in total. The van der Waals surface area contributed by atoms with Crippen LogP contribution in [0.3, 0.4) is 0 Å². The highest BCUT2D eigenvalue weighted by Crippen LogP contribution is 1.61. The number of halogens is 3. The van der Waals surface area contributed by atoms with Gasteiger partial charge in [-0.3, -0.25) is 0 Å². The van der Waals surface area contributed by atoms with Crippen molar-refractivity contribution < 1.29 is 0 Å². The molecule has 0 radical (unpaired) electrons. The van der Waals surface area contributed by atoms with Gasteiger partial charge in [-0.2, -0.15) is 10.5 Å². The monoisotopic (exact) mass is 730 g/mol. The molecule has 0 spiro atoms. The van der Waals surface area contributed by atoms with E-state index in [2.05, 4.69) is 34.6 Å². The molecule has 0 heterocycles. The Hall–Kier alpha value is -0.190. The van der Waals surface area contributed by atoms with E-state index in [4.69, 9.17) is 51.1 Å². The zero-order chi connectivity index (χ0) is 31.8. The van der Waals surface area contributed by atoms with Crippen LogP contribution in [-0.2, 0) is 0 Å². The third-order valence-corrected chi connectivity index (χ3v) is 0.605. The summed E-state index contributed by atoms with van der Waals surface area (Å²) in [4.78, 5) is 0. The van der Waals surface area contributed by atoms with Gasteiger partial charge in [-0.1, -0.05) is 212 Å². The molecule has 2 N–H and O–H groups in total. The van der Waals surface area contributed by atoms with E-state index < -0.39 is 0 Å². The Morgan fingerprint density at radius 1 is 0.400 bits per heavy atom. The van der Waals surface area contributed by atoms with Gasteiger partial charge in [0.25, 0.3) is 0 Å². The molecule has 0 aliphatic carbocycles. The third kappa shape index (κ3) is 9700. The van der Waals surface area contributed by atoms with Gasteiger partial charge in [0.2, 0.25) is 0 Å². The summed E-state index contributed by atoms with van der Waals surface area (Å²) in [6.45, 7) is 36.7. The van der Waals surface area contributed by atoms with E-state index >= 15 is 0 Å². The maximum Gasteiger partial charge on any atom is 0.0618 e. The lowest BCUT2D eigenvalue weighted by Crippen LogP contribution is -1.93. The van der Waals surface area contributed by atoms with Crippen LogP contribution in [0.5, 0.6) is 0 Å². The Morgan fingerprint density at radius 3 is 0.444 bits per heavy atom. The molecule has 45 heavy (non-hydrogen) atoms. The summed E-state index contributed by atoms with van der Waals surface area (Å²) in [7, 11) is 0. The Balaban J connectivity index is -0.00000000633. The van der Waals surface area contributed by atoms with Crippen LogP contribution in [0, 0.1) is 22.7 Å². The Morgan fingerprint density at radius 2 is 0.444 bits per heavy atom. The Kier molecular flexibility index (Phi) is 2520. The highest BCUT2D eigenvalue weighted by molar-refractivity contribution is 6.17. The van der Waals surface area contributed by atoms with Gasteiger partial charge in [0.1, 0.15) is 0 Å². The molecule has 0 aliphatic rings. The van der Waals surface area contributed by atoms with Crippen LogP contribution in [0.1, 0.15) is 231 Å². The largest absolute Gasteiger partial charge is 0.330 e. The summed E-state index contributed by atoms with van der Waals surface area (Å²) in [5.41, 5.74) is 5.03. The predicted octanol–water partition coefficient (Wildman–Crippen LogP) is 19.2. The molecular weight excluding hydrogens is 617 g/mol. The fourth-order valence-corrected chi connectivity index (χ4v) is 0. The van der Waals surface area contributed by atoms with Crippen LogP contribution in [0.2, 0.25) is 0 Å². The minimum Gasteiger partial charge on any atom is -0.330 e. The first-order valence-electron chi connectivity index (χ1n) is 13.9. The fourth-order valence-electron chi connectivity index (χ4n) is 0. The van der Waals surface area contributed by atoms with Crippen molar-refractivity contribution in [2.45, 2.75) is 231 Å². The minimum atomic E-state index is 0. The Bertz CT molecular complexity index is 169. The van der Waals surface area contributed by atoms with Gasteiger partial charge in [0, 0.05) is 30.5 Å². The van der Waals surface area contributed by atoms with E-state index in [1.54, 1.807) is 0 Å². The van der Waals surface area contributed by atoms with E-state index in [0.717, 1.165) is 30.6 Å². The second-order valence-electron chi connectivity index (χ2n) is 4.03.